The van der Waals surface area contributed by atoms with Crippen LogP contribution in [0.25, 0.3) is 0 Å². The van der Waals surface area contributed by atoms with Crippen molar-refractivity contribution in [3.05, 3.63) is 58.7 Å². The van der Waals surface area contributed by atoms with Crippen LogP contribution in [0.15, 0.2) is 47.6 Å². The van der Waals surface area contributed by atoms with Gasteiger partial charge in [-0.2, -0.15) is 0 Å². The number of fused-ring (bicyclic) bond motifs is 1. The molecule has 1 heterocycles. The van der Waals surface area contributed by atoms with Gasteiger partial charge in [-0.05, 0) is 43.1 Å². The van der Waals surface area contributed by atoms with Crippen molar-refractivity contribution in [1.29, 1.82) is 0 Å². The Morgan fingerprint density at radius 1 is 1.25 bits per heavy atom. The molecule has 2 unspecified atom stereocenters. The number of benzene rings is 1. The zero-order chi connectivity index (χ0) is 13.9. The molecule has 1 N–H and O–H groups in total. The topological polar surface area (TPSA) is 24.9 Å². The van der Waals surface area contributed by atoms with Crippen molar-refractivity contribution in [2.75, 3.05) is 7.05 Å². The first-order chi connectivity index (χ1) is 9.78. The minimum atomic E-state index is 0.377. The lowest BCUT2D eigenvalue weighted by molar-refractivity contribution is 0.510. The lowest BCUT2D eigenvalue weighted by atomic mass is 9.87. The number of hydrogen-bond acceptors (Lipinski definition) is 3. The molecule has 1 aromatic heterocycles. The molecule has 2 aromatic rings. The monoisotopic (exact) mass is 304 g/mol. The fourth-order valence-corrected chi connectivity index (χ4v) is 4.12. The van der Waals surface area contributed by atoms with E-state index < -0.39 is 0 Å². The van der Waals surface area contributed by atoms with Crippen molar-refractivity contribution < 1.29 is 0 Å². The standard InChI is InChI=1S/C16H17ClN2S/c1-18-16-13-5-3-2-4-11(13)6-8-14(16)20-15-9-7-12(17)10-19-15/h2-5,7,9-10,14,16,18H,6,8H2,1H3. The first-order valence-electron chi connectivity index (χ1n) is 6.81. The molecule has 2 atom stereocenters. The maximum Gasteiger partial charge on any atom is 0.0964 e. The lowest BCUT2D eigenvalue weighted by Crippen LogP contribution is -2.32. The van der Waals surface area contributed by atoms with E-state index in [9.17, 15) is 0 Å². The van der Waals surface area contributed by atoms with E-state index in [1.807, 2.05) is 30.9 Å². The number of aromatic nitrogens is 1. The minimum absolute atomic E-state index is 0.377. The Morgan fingerprint density at radius 2 is 2.10 bits per heavy atom. The first-order valence-corrected chi connectivity index (χ1v) is 8.07. The number of pyridine rings is 1. The van der Waals surface area contributed by atoms with Crippen molar-refractivity contribution in [2.24, 2.45) is 0 Å². The predicted octanol–water partition coefficient (Wildman–Crippen LogP) is 4.10. The molecule has 1 aliphatic rings. The fourth-order valence-electron chi connectivity index (χ4n) is 2.79. The van der Waals surface area contributed by atoms with Crippen molar-refractivity contribution in [2.45, 2.75) is 29.2 Å². The largest absolute Gasteiger partial charge is 0.312 e. The number of hydrogen-bond donors (Lipinski definition) is 1. The summed E-state index contributed by atoms with van der Waals surface area (Å²) in [6.45, 7) is 0. The van der Waals surface area contributed by atoms with E-state index >= 15 is 0 Å². The van der Waals surface area contributed by atoms with Crippen LogP contribution in [0.5, 0.6) is 0 Å². The lowest BCUT2D eigenvalue weighted by Gasteiger charge is -2.32. The predicted molar refractivity (Wildman–Crippen MR) is 85.5 cm³/mol. The van der Waals surface area contributed by atoms with Gasteiger partial charge in [0.1, 0.15) is 0 Å². The summed E-state index contributed by atoms with van der Waals surface area (Å²) in [5.41, 5.74) is 2.89. The second-order valence-electron chi connectivity index (χ2n) is 4.97. The van der Waals surface area contributed by atoms with Gasteiger partial charge < -0.3 is 5.32 Å². The normalized spacial score (nSPS) is 21.5. The van der Waals surface area contributed by atoms with Crippen LogP contribution in [0.3, 0.4) is 0 Å². The third-order valence-electron chi connectivity index (χ3n) is 3.74. The molecule has 3 rings (SSSR count). The smallest absolute Gasteiger partial charge is 0.0964 e. The summed E-state index contributed by atoms with van der Waals surface area (Å²) in [6.07, 6.45) is 4.02. The highest BCUT2D eigenvalue weighted by atomic mass is 35.5. The Labute approximate surface area is 129 Å². The Hall–Kier alpha value is -1.03. The van der Waals surface area contributed by atoms with Crippen LogP contribution in [0, 0.1) is 0 Å². The Balaban J connectivity index is 1.82. The average molecular weight is 305 g/mol. The second kappa shape index (κ2) is 6.17. The van der Waals surface area contributed by atoms with Crippen LogP contribution < -0.4 is 5.32 Å². The van der Waals surface area contributed by atoms with Crippen LogP contribution in [0.1, 0.15) is 23.6 Å². The number of halogens is 1. The summed E-state index contributed by atoms with van der Waals surface area (Å²) in [4.78, 5) is 4.40. The minimum Gasteiger partial charge on any atom is -0.312 e. The maximum atomic E-state index is 5.89. The number of rotatable bonds is 3. The van der Waals surface area contributed by atoms with Gasteiger partial charge in [-0.1, -0.05) is 35.9 Å². The van der Waals surface area contributed by atoms with Crippen LogP contribution in [-0.2, 0) is 6.42 Å². The molecule has 20 heavy (non-hydrogen) atoms. The summed E-state index contributed by atoms with van der Waals surface area (Å²) >= 11 is 7.73. The number of nitrogens with zero attached hydrogens (tertiary/aromatic N) is 1. The van der Waals surface area contributed by atoms with E-state index in [0.29, 0.717) is 16.3 Å². The maximum absolute atomic E-state index is 5.89. The van der Waals surface area contributed by atoms with Gasteiger partial charge in [-0.15, -0.1) is 11.8 Å². The van der Waals surface area contributed by atoms with Gasteiger partial charge in [0.25, 0.3) is 0 Å². The number of aryl methyl sites for hydroxylation is 1. The molecular weight excluding hydrogens is 288 g/mol. The quantitative estimate of drug-likeness (QED) is 0.924. The summed E-state index contributed by atoms with van der Waals surface area (Å²) in [6, 6.07) is 13.0. The second-order valence-corrected chi connectivity index (χ2v) is 6.67. The highest BCUT2D eigenvalue weighted by Crippen LogP contribution is 2.39. The van der Waals surface area contributed by atoms with Gasteiger partial charge >= 0.3 is 0 Å². The summed E-state index contributed by atoms with van der Waals surface area (Å²) in [5, 5.41) is 5.70. The van der Waals surface area contributed by atoms with Crippen LogP contribution in [-0.4, -0.2) is 17.3 Å². The Bertz CT molecular complexity index is 585. The molecule has 0 aliphatic heterocycles. The van der Waals surface area contributed by atoms with E-state index in [0.717, 1.165) is 17.9 Å². The molecular formula is C16H17ClN2S. The molecule has 2 nitrogen and oxygen atoms in total. The molecule has 0 bridgehead atoms. The van der Waals surface area contributed by atoms with E-state index in [4.69, 9.17) is 11.6 Å². The zero-order valence-corrected chi connectivity index (χ0v) is 12.9. The van der Waals surface area contributed by atoms with E-state index in [1.165, 1.54) is 11.1 Å². The highest BCUT2D eigenvalue weighted by Gasteiger charge is 2.29. The van der Waals surface area contributed by atoms with Crippen LogP contribution in [0.4, 0.5) is 0 Å². The third-order valence-corrected chi connectivity index (χ3v) is 5.26. The Kier molecular flexibility index (Phi) is 4.29. The molecule has 1 aromatic carbocycles. The average Bonchev–Trinajstić information content (AvgIpc) is 2.49. The SMILES string of the molecule is CNC1c2ccccc2CCC1Sc1ccc(Cl)cn1. The van der Waals surface area contributed by atoms with Gasteiger partial charge in [-0.25, -0.2) is 4.98 Å². The molecule has 4 heteroatoms. The van der Waals surface area contributed by atoms with Crippen molar-refractivity contribution in [3.63, 3.8) is 0 Å². The summed E-state index contributed by atoms with van der Waals surface area (Å²) in [7, 11) is 2.04. The molecule has 0 amide bonds. The van der Waals surface area contributed by atoms with Gasteiger partial charge in [-0.3, -0.25) is 0 Å². The van der Waals surface area contributed by atoms with Crippen LogP contribution >= 0.6 is 23.4 Å². The summed E-state index contributed by atoms with van der Waals surface area (Å²) in [5.74, 6) is 0. The van der Waals surface area contributed by atoms with Crippen molar-refractivity contribution in [1.82, 2.24) is 10.3 Å². The molecule has 0 spiro atoms. The molecule has 0 saturated carbocycles. The van der Waals surface area contributed by atoms with Crippen molar-refractivity contribution >= 4 is 23.4 Å². The molecule has 0 fully saturated rings. The first kappa shape index (κ1) is 13.9. The van der Waals surface area contributed by atoms with E-state index in [-0.39, 0.29) is 0 Å². The van der Waals surface area contributed by atoms with E-state index in [1.54, 1.807) is 6.20 Å². The molecule has 0 saturated heterocycles. The summed E-state index contributed by atoms with van der Waals surface area (Å²) < 4.78 is 0. The third kappa shape index (κ3) is 2.85. The van der Waals surface area contributed by atoms with E-state index in [2.05, 4.69) is 34.6 Å². The van der Waals surface area contributed by atoms with Crippen LogP contribution in [0.2, 0.25) is 5.02 Å². The number of nitrogens with one attached hydrogen (secondary N) is 1. The van der Waals surface area contributed by atoms with Gasteiger partial charge in [0.15, 0.2) is 0 Å². The number of thioether (sulfide) groups is 1. The highest BCUT2D eigenvalue weighted by molar-refractivity contribution is 7.99. The van der Waals surface area contributed by atoms with Gasteiger partial charge in [0.05, 0.1) is 10.0 Å². The fraction of sp³-hybridized carbons (Fsp3) is 0.312. The molecule has 104 valence electrons. The van der Waals surface area contributed by atoms with Gasteiger partial charge in [0, 0.05) is 17.5 Å². The van der Waals surface area contributed by atoms with Crippen molar-refractivity contribution in [3.8, 4) is 0 Å². The Morgan fingerprint density at radius 3 is 2.85 bits per heavy atom. The molecule has 0 radical (unpaired) electrons. The van der Waals surface area contributed by atoms with Gasteiger partial charge in [0.2, 0.25) is 0 Å². The zero-order valence-electron chi connectivity index (χ0n) is 11.3. The molecule has 1 aliphatic carbocycles.